The van der Waals surface area contributed by atoms with Gasteiger partial charge in [0.1, 0.15) is 0 Å². The van der Waals surface area contributed by atoms with Crippen LogP contribution < -0.4 is 5.32 Å². The molecular formula is C14H20N2O2. The molecule has 1 aliphatic heterocycles. The van der Waals surface area contributed by atoms with Crippen molar-refractivity contribution in [1.29, 1.82) is 0 Å². The Labute approximate surface area is 108 Å². The molecule has 0 radical (unpaired) electrons. The van der Waals surface area contributed by atoms with E-state index in [0.29, 0.717) is 26.2 Å². The molecule has 98 valence electrons. The van der Waals surface area contributed by atoms with Gasteiger partial charge in [0.25, 0.3) is 0 Å². The van der Waals surface area contributed by atoms with Gasteiger partial charge in [-0.3, -0.25) is 0 Å². The minimum absolute atomic E-state index is 0.00859. The molecule has 1 atom stereocenters. The van der Waals surface area contributed by atoms with Gasteiger partial charge in [0.2, 0.25) is 0 Å². The van der Waals surface area contributed by atoms with Crippen molar-refractivity contribution in [3.63, 3.8) is 0 Å². The van der Waals surface area contributed by atoms with E-state index in [9.17, 15) is 4.79 Å². The van der Waals surface area contributed by atoms with Crippen LogP contribution in [0.3, 0.4) is 0 Å². The lowest BCUT2D eigenvalue weighted by Crippen LogP contribution is -2.48. The molecule has 1 N–H and O–H groups in total. The molecule has 0 aliphatic carbocycles. The molecule has 0 saturated carbocycles. The summed E-state index contributed by atoms with van der Waals surface area (Å²) < 4.78 is 5.41. The number of nitrogens with one attached hydrogen (secondary N) is 1. The molecule has 4 nitrogen and oxygen atoms in total. The number of amides is 2. The van der Waals surface area contributed by atoms with E-state index in [0.717, 1.165) is 5.56 Å². The number of carbonyl (C=O) groups excluding carboxylic acids is 1. The summed E-state index contributed by atoms with van der Waals surface area (Å²) in [6.45, 7) is 6.57. The second-order valence-electron chi connectivity index (χ2n) is 4.77. The monoisotopic (exact) mass is 248 g/mol. The molecule has 1 unspecified atom stereocenters. The molecule has 0 spiro atoms. The van der Waals surface area contributed by atoms with Crippen molar-refractivity contribution in [2.24, 2.45) is 0 Å². The molecule has 0 aromatic heterocycles. The summed E-state index contributed by atoms with van der Waals surface area (Å²) in [5, 5.41) is 2.94. The molecule has 0 bridgehead atoms. The van der Waals surface area contributed by atoms with Gasteiger partial charge in [-0.05, 0) is 19.4 Å². The number of nitrogens with zero attached hydrogens (tertiary/aromatic N) is 1. The van der Waals surface area contributed by atoms with E-state index in [1.54, 1.807) is 0 Å². The fourth-order valence-corrected chi connectivity index (χ4v) is 2.00. The molecule has 1 aromatic rings. The number of hydrogen-bond donors (Lipinski definition) is 1. The van der Waals surface area contributed by atoms with Gasteiger partial charge in [-0.1, -0.05) is 29.8 Å². The predicted molar refractivity (Wildman–Crippen MR) is 70.4 cm³/mol. The normalized spacial score (nSPS) is 19.7. The van der Waals surface area contributed by atoms with E-state index in [1.165, 1.54) is 5.56 Å². The van der Waals surface area contributed by atoms with Crippen molar-refractivity contribution in [2.75, 3.05) is 19.7 Å². The Morgan fingerprint density at radius 2 is 2.17 bits per heavy atom. The smallest absolute Gasteiger partial charge is 0.317 e. The summed E-state index contributed by atoms with van der Waals surface area (Å²) in [6, 6.07) is 8.18. The number of rotatable bonds is 2. The number of ether oxygens (including phenoxy) is 1. The topological polar surface area (TPSA) is 41.6 Å². The number of aryl methyl sites for hydroxylation is 1. The van der Waals surface area contributed by atoms with Crippen LogP contribution in [-0.2, 0) is 11.3 Å². The Hall–Kier alpha value is -1.55. The van der Waals surface area contributed by atoms with Gasteiger partial charge in [0.15, 0.2) is 0 Å². The number of morpholine rings is 1. The van der Waals surface area contributed by atoms with Crippen molar-refractivity contribution in [1.82, 2.24) is 10.2 Å². The third kappa shape index (κ3) is 3.47. The van der Waals surface area contributed by atoms with E-state index in [1.807, 2.05) is 24.0 Å². The maximum atomic E-state index is 11.9. The highest BCUT2D eigenvalue weighted by Gasteiger charge is 2.20. The molecule has 2 rings (SSSR count). The highest BCUT2D eigenvalue weighted by atomic mass is 16.5. The Kier molecular flexibility index (Phi) is 4.20. The highest BCUT2D eigenvalue weighted by molar-refractivity contribution is 5.74. The number of hydrogen-bond acceptors (Lipinski definition) is 2. The fraction of sp³-hybridized carbons (Fsp3) is 0.500. The fourth-order valence-electron chi connectivity index (χ4n) is 2.00. The van der Waals surface area contributed by atoms with Crippen LogP contribution in [0.25, 0.3) is 0 Å². The average molecular weight is 248 g/mol. The maximum absolute atomic E-state index is 11.9. The first-order valence-corrected chi connectivity index (χ1v) is 6.35. The van der Waals surface area contributed by atoms with Gasteiger partial charge in [-0.15, -0.1) is 0 Å². The summed E-state index contributed by atoms with van der Waals surface area (Å²) >= 11 is 0. The van der Waals surface area contributed by atoms with Crippen LogP contribution >= 0.6 is 0 Å². The molecular weight excluding hydrogens is 228 g/mol. The first-order chi connectivity index (χ1) is 8.65. The summed E-state index contributed by atoms with van der Waals surface area (Å²) in [4.78, 5) is 13.8. The molecule has 4 heteroatoms. The van der Waals surface area contributed by atoms with Crippen LogP contribution in [0.1, 0.15) is 18.1 Å². The first-order valence-electron chi connectivity index (χ1n) is 6.35. The first kappa shape index (κ1) is 12.9. The molecule has 18 heavy (non-hydrogen) atoms. The summed E-state index contributed by atoms with van der Waals surface area (Å²) in [5.41, 5.74) is 2.35. The summed E-state index contributed by atoms with van der Waals surface area (Å²) in [6.07, 6.45) is 0.129. The van der Waals surface area contributed by atoms with E-state index in [2.05, 4.69) is 24.4 Å². The van der Waals surface area contributed by atoms with Gasteiger partial charge in [0, 0.05) is 19.6 Å². The van der Waals surface area contributed by atoms with Gasteiger partial charge in [-0.25, -0.2) is 4.79 Å². The lowest BCUT2D eigenvalue weighted by atomic mass is 10.1. The van der Waals surface area contributed by atoms with Crippen LogP contribution in [-0.4, -0.2) is 36.7 Å². The van der Waals surface area contributed by atoms with Crippen LogP contribution in [0.15, 0.2) is 24.3 Å². The zero-order valence-electron chi connectivity index (χ0n) is 11.0. The van der Waals surface area contributed by atoms with E-state index in [4.69, 9.17) is 4.74 Å². The average Bonchev–Trinajstić information content (AvgIpc) is 2.38. The Balaban J connectivity index is 1.82. The van der Waals surface area contributed by atoms with Gasteiger partial charge >= 0.3 is 6.03 Å². The lowest BCUT2D eigenvalue weighted by molar-refractivity contribution is -0.00351. The Bertz CT molecular complexity index is 403. The molecule has 1 saturated heterocycles. The van der Waals surface area contributed by atoms with E-state index >= 15 is 0 Å². The molecule has 1 aliphatic rings. The highest BCUT2D eigenvalue weighted by Crippen LogP contribution is 2.06. The predicted octanol–water partition coefficient (Wildman–Crippen LogP) is 1.93. The lowest BCUT2D eigenvalue weighted by Gasteiger charge is -2.31. The summed E-state index contributed by atoms with van der Waals surface area (Å²) in [7, 11) is 0. The Morgan fingerprint density at radius 3 is 2.83 bits per heavy atom. The van der Waals surface area contributed by atoms with Crippen LogP contribution in [0, 0.1) is 6.92 Å². The zero-order valence-corrected chi connectivity index (χ0v) is 11.0. The third-order valence-corrected chi connectivity index (χ3v) is 3.09. The second-order valence-corrected chi connectivity index (χ2v) is 4.77. The van der Waals surface area contributed by atoms with Gasteiger partial charge in [0.05, 0.1) is 12.7 Å². The standard InChI is InChI=1S/C14H20N2O2/c1-11-3-5-13(6-4-11)9-15-14(17)16-7-8-18-12(2)10-16/h3-6,12H,7-10H2,1-2H3,(H,15,17). The summed E-state index contributed by atoms with van der Waals surface area (Å²) in [5.74, 6) is 0. The molecule has 1 aromatic carbocycles. The van der Waals surface area contributed by atoms with Gasteiger partial charge < -0.3 is 15.0 Å². The van der Waals surface area contributed by atoms with Crippen molar-refractivity contribution < 1.29 is 9.53 Å². The number of carbonyl (C=O) groups is 1. The molecule has 1 fully saturated rings. The Morgan fingerprint density at radius 1 is 1.44 bits per heavy atom. The largest absolute Gasteiger partial charge is 0.375 e. The van der Waals surface area contributed by atoms with Crippen molar-refractivity contribution in [2.45, 2.75) is 26.5 Å². The quantitative estimate of drug-likeness (QED) is 0.869. The number of urea groups is 1. The van der Waals surface area contributed by atoms with E-state index < -0.39 is 0 Å². The third-order valence-electron chi connectivity index (χ3n) is 3.09. The van der Waals surface area contributed by atoms with Crippen molar-refractivity contribution >= 4 is 6.03 Å². The SMILES string of the molecule is Cc1ccc(CNC(=O)N2CCOC(C)C2)cc1. The van der Waals surface area contributed by atoms with Crippen LogP contribution in [0.2, 0.25) is 0 Å². The second kappa shape index (κ2) is 5.87. The zero-order chi connectivity index (χ0) is 13.0. The van der Waals surface area contributed by atoms with Crippen molar-refractivity contribution in [3.8, 4) is 0 Å². The molecule has 2 amide bonds. The van der Waals surface area contributed by atoms with Crippen LogP contribution in [0.5, 0.6) is 0 Å². The number of benzene rings is 1. The van der Waals surface area contributed by atoms with Gasteiger partial charge in [-0.2, -0.15) is 0 Å². The molecule has 1 heterocycles. The maximum Gasteiger partial charge on any atom is 0.317 e. The minimum atomic E-state index is -0.00859. The van der Waals surface area contributed by atoms with E-state index in [-0.39, 0.29) is 12.1 Å². The minimum Gasteiger partial charge on any atom is -0.375 e. The van der Waals surface area contributed by atoms with Crippen molar-refractivity contribution in [3.05, 3.63) is 35.4 Å². The van der Waals surface area contributed by atoms with Crippen LogP contribution in [0.4, 0.5) is 4.79 Å².